The summed E-state index contributed by atoms with van der Waals surface area (Å²) >= 11 is 0. The number of likely N-dealkylation sites (tertiary alicyclic amines) is 2. The Bertz CT molecular complexity index is 684. The van der Waals surface area contributed by atoms with Gasteiger partial charge < -0.3 is 9.80 Å². The maximum absolute atomic E-state index is 12.9. The van der Waals surface area contributed by atoms with E-state index in [0.717, 1.165) is 57.2 Å². The number of fused-ring (bicyclic) bond motifs is 1. The maximum atomic E-state index is 12.9. The summed E-state index contributed by atoms with van der Waals surface area (Å²) in [4.78, 5) is 29.8. The zero-order chi connectivity index (χ0) is 18.6. The summed E-state index contributed by atoms with van der Waals surface area (Å²) in [5, 5.41) is 0. The van der Waals surface area contributed by atoms with Crippen molar-refractivity contribution in [3.8, 4) is 0 Å². The van der Waals surface area contributed by atoms with Gasteiger partial charge in [-0.05, 0) is 74.6 Å². The number of aryl methyl sites for hydroxylation is 2. The number of carbonyl (C=O) groups is 2. The van der Waals surface area contributed by atoms with Crippen LogP contribution >= 0.6 is 0 Å². The predicted octanol–water partition coefficient (Wildman–Crippen LogP) is 3.82. The predicted molar refractivity (Wildman–Crippen MR) is 107 cm³/mol. The second-order valence-electron chi connectivity index (χ2n) is 8.50. The van der Waals surface area contributed by atoms with Crippen molar-refractivity contribution < 1.29 is 9.59 Å². The molecule has 4 heteroatoms. The lowest BCUT2D eigenvalue weighted by atomic mass is 9.90. The van der Waals surface area contributed by atoms with Gasteiger partial charge in [0.2, 0.25) is 5.91 Å². The third-order valence-electron chi connectivity index (χ3n) is 6.64. The number of carbonyl (C=O) groups excluding carboxylic acids is 2. The fourth-order valence-electron chi connectivity index (χ4n) is 4.93. The Labute approximate surface area is 162 Å². The summed E-state index contributed by atoms with van der Waals surface area (Å²) in [7, 11) is 0. The van der Waals surface area contributed by atoms with Crippen molar-refractivity contribution in [2.24, 2.45) is 5.92 Å². The molecule has 0 atom stereocenters. The van der Waals surface area contributed by atoms with E-state index in [2.05, 4.69) is 17.0 Å². The molecule has 1 aliphatic carbocycles. The summed E-state index contributed by atoms with van der Waals surface area (Å²) < 4.78 is 0. The van der Waals surface area contributed by atoms with E-state index in [-0.39, 0.29) is 11.8 Å². The number of amides is 2. The third-order valence-corrected chi connectivity index (χ3v) is 6.64. The van der Waals surface area contributed by atoms with Crippen molar-refractivity contribution in [2.45, 2.75) is 64.2 Å². The van der Waals surface area contributed by atoms with Gasteiger partial charge in [0.1, 0.15) is 0 Å². The zero-order valence-corrected chi connectivity index (χ0v) is 16.4. The lowest BCUT2D eigenvalue weighted by Crippen LogP contribution is -2.44. The van der Waals surface area contributed by atoms with E-state index in [4.69, 9.17) is 0 Å². The van der Waals surface area contributed by atoms with Gasteiger partial charge in [-0.2, -0.15) is 0 Å². The molecule has 1 aromatic carbocycles. The van der Waals surface area contributed by atoms with Crippen LogP contribution in [-0.4, -0.2) is 47.8 Å². The van der Waals surface area contributed by atoms with Crippen molar-refractivity contribution in [1.29, 1.82) is 0 Å². The standard InChI is InChI=1S/C23H32N2O2/c26-22(24-13-5-1-2-6-14-24)19-11-15-25(16-12-19)23(27)21-10-9-18-7-3-4-8-20(18)17-21/h9-10,17,19H,1-8,11-16H2. The molecule has 3 aliphatic rings. The number of piperidine rings is 1. The molecule has 4 rings (SSSR count). The monoisotopic (exact) mass is 368 g/mol. The average molecular weight is 369 g/mol. The van der Waals surface area contributed by atoms with E-state index in [0.29, 0.717) is 19.0 Å². The average Bonchev–Trinajstić information content (AvgIpc) is 3.02. The smallest absolute Gasteiger partial charge is 0.253 e. The molecule has 0 bridgehead atoms. The Morgan fingerprint density at radius 1 is 0.741 bits per heavy atom. The third kappa shape index (κ3) is 4.20. The van der Waals surface area contributed by atoms with Gasteiger partial charge in [0.25, 0.3) is 5.91 Å². The topological polar surface area (TPSA) is 40.6 Å². The Morgan fingerprint density at radius 2 is 1.41 bits per heavy atom. The van der Waals surface area contributed by atoms with Crippen LogP contribution in [0.4, 0.5) is 0 Å². The molecule has 2 saturated heterocycles. The number of benzene rings is 1. The molecule has 0 spiro atoms. The lowest BCUT2D eigenvalue weighted by Gasteiger charge is -2.34. The van der Waals surface area contributed by atoms with Gasteiger partial charge in [-0.3, -0.25) is 9.59 Å². The minimum atomic E-state index is 0.107. The fourth-order valence-corrected chi connectivity index (χ4v) is 4.93. The molecule has 27 heavy (non-hydrogen) atoms. The normalized spacial score (nSPS) is 21.5. The minimum absolute atomic E-state index is 0.107. The molecule has 4 nitrogen and oxygen atoms in total. The molecule has 1 aromatic rings. The number of rotatable bonds is 2. The van der Waals surface area contributed by atoms with E-state index >= 15 is 0 Å². The fraction of sp³-hybridized carbons (Fsp3) is 0.652. The van der Waals surface area contributed by atoms with Gasteiger partial charge in [-0.15, -0.1) is 0 Å². The summed E-state index contributed by atoms with van der Waals surface area (Å²) in [5.41, 5.74) is 3.60. The van der Waals surface area contributed by atoms with Crippen LogP contribution in [-0.2, 0) is 17.6 Å². The Kier molecular flexibility index (Phi) is 5.80. The van der Waals surface area contributed by atoms with Crippen molar-refractivity contribution >= 4 is 11.8 Å². The second-order valence-corrected chi connectivity index (χ2v) is 8.50. The molecule has 146 valence electrons. The van der Waals surface area contributed by atoms with Crippen LogP contribution < -0.4 is 0 Å². The first kappa shape index (κ1) is 18.5. The van der Waals surface area contributed by atoms with Gasteiger partial charge in [-0.1, -0.05) is 18.9 Å². The minimum Gasteiger partial charge on any atom is -0.342 e. The van der Waals surface area contributed by atoms with Crippen molar-refractivity contribution in [2.75, 3.05) is 26.2 Å². The summed E-state index contributed by atoms with van der Waals surface area (Å²) in [6, 6.07) is 6.27. The molecular formula is C23H32N2O2. The van der Waals surface area contributed by atoms with Gasteiger partial charge in [0.05, 0.1) is 0 Å². The van der Waals surface area contributed by atoms with Crippen molar-refractivity contribution in [3.05, 3.63) is 34.9 Å². The number of hydrogen-bond acceptors (Lipinski definition) is 2. The molecule has 0 N–H and O–H groups in total. The summed E-state index contributed by atoms with van der Waals surface area (Å²) in [6.45, 7) is 3.26. The van der Waals surface area contributed by atoms with E-state index in [1.807, 2.05) is 11.0 Å². The summed E-state index contributed by atoms with van der Waals surface area (Å²) in [5.74, 6) is 0.581. The Morgan fingerprint density at radius 3 is 2.11 bits per heavy atom. The second kappa shape index (κ2) is 8.45. The van der Waals surface area contributed by atoms with E-state index < -0.39 is 0 Å². The number of hydrogen-bond donors (Lipinski definition) is 0. The Hall–Kier alpha value is -1.84. The van der Waals surface area contributed by atoms with E-state index in [1.165, 1.54) is 36.8 Å². The molecule has 2 fully saturated rings. The first-order valence-corrected chi connectivity index (χ1v) is 10.9. The molecule has 0 saturated carbocycles. The Balaban J connectivity index is 1.34. The highest BCUT2D eigenvalue weighted by Gasteiger charge is 2.31. The van der Waals surface area contributed by atoms with E-state index in [9.17, 15) is 9.59 Å². The van der Waals surface area contributed by atoms with Gasteiger partial charge >= 0.3 is 0 Å². The quantitative estimate of drug-likeness (QED) is 0.796. The highest BCUT2D eigenvalue weighted by Crippen LogP contribution is 2.25. The van der Waals surface area contributed by atoms with Gasteiger partial charge in [-0.25, -0.2) is 0 Å². The van der Waals surface area contributed by atoms with Crippen LogP contribution in [0.5, 0.6) is 0 Å². The molecule has 0 unspecified atom stereocenters. The highest BCUT2D eigenvalue weighted by atomic mass is 16.2. The maximum Gasteiger partial charge on any atom is 0.253 e. The van der Waals surface area contributed by atoms with Crippen LogP contribution in [0.15, 0.2) is 18.2 Å². The molecule has 2 amide bonds. The molecule has 0 aromatic heterocycles. The molecular weight excluding hydrogens is 336 g/mol. The highest BCUT2D eigenvalue weighted by molar-refractivity contribution is 5.94. The van der Waals surface area contributed by atoms with Crippen molar-refractivity contribution in [1.82, 2.24) is 9.80 Å². The largest absolute Gasteiger partial charge is 0.342 e. The zero-order valence-electron chi connectivity index (χ0n) is 16.4. The van der Waals surface area contributed by atoms with Crippen LogP contribution in [0.1, 0.15) is 72.9 Å². The molecule has 0 radical (unpaired) electrons. The van der Waals surface area contributed by atoms with E-state index in [1.54, 1.807) is 0 Å². The van der Waals surface area contributed by atoms with Crippen LogP contribution in [0, 0.1) is 5.92 Å². The number of nitrogens with zero attached hydrogens (tertiary/aromatic N) is 2. The first-order chi connectivity index (χ1) is 13.2. The lowest BCUT2D eigenvalue weighted by molar-refractivity contribution is -0.136. The van der Waals surface area contributed by atoms with Gasteiger partial charge in [0.15, 0.2) is 0 Å². The molecule has 2 aliphatic heterocycles. The van der Waals surface area contributed by atoms with Crippen LogP contribution in [0.25, 0.3) is 0 Å². The SMILES string of the molecule is O=C(c1ccc2c(c1)CCCC2)N1CCC(C(=O)N2CCCCCC2)CC1. The molecule has 2 heterocycles. The summed E-state index contributed by atoms with van der Waals surface area (Å²) in [6.07, 6.45) is 11.1. The first-order valence-electron chi connectivity index (χ1n) is 10.9. The van der Waals surface area contributed by atoms with Crippen LogP contribution in [0.2, 0.25) is 0 Å². The van der Waals surface area contributed by atoms with Crippen molar-refractivity contribution in [3.63, 3.8) is 0 Å². The van der Waals surface area contributed by atoms with Crippen LogP contribution in [0.3, 0.4) is 0 Å². The van der Waals surface area contributed by atoms with Gasteiger partial charge in [0, 0.05) is 37.7 Å².